The topological polar surface area (TPSA) is 96.3 Å². The fourth-order valence-corrected chi connectivity index (χ4v) is 6.18. The van der Waals surface area contributed by atoms with Crippen molar-refractivity contribution in [3.8, 4) is 11.5 Å². The second kappa shape index (κ2) is 8.80. The molecule has 0 saturated carbocycles. The van der Waals surface area contributed by atoms with E-state index in [0.29, 0.717) is 29.4 Å². The number of allylic oxidation sites excluding steroid dienone is 1. The highest BCUT2D eigenvalue weighted by Crippen LogP contribution is 2.52. The molecule has 3 aromatic rings. The Morgan fingerprint density at radius 3 is 2.47 bits per heavy atom. The third-order valence-corrected chi connectivity index (χ3v) is 7.87. The smallest absolute Gasteiger partial charge is 0.487 e. The third-order valence-electron chi connectivity index (χ3n) is 7.87. The number of fused-ring (bicyclic) bond motifs is 4. The lowest BCUT2D eigenvalue weighted by Gasteiger charge is -2.42. The average Bonchev–Trinajstić information content (AvgIpc) is 3.11. The van der Waals surface area contributed by atoms with Crippen LogP contribution in [0.4, 0.5) is 0 Å². The molecule has 2 saturated heterocycles. The average molecular weight is 483 g/mol. The molecule has 3 aromatic carbocycles. The van der Waals surface area contributed by atoms with Gasteiger partial charge in [-0.25, -0.2) is 0 Å². The molecule has 2 aliphatic heterocycles. The molecule has 0 radical (unpaired) electrons. The number of ether oxygens (including phenoxy) is 1. The van der Waals surface area contributed by atoms with Crippen LogP contribution in [0.25, 0.3) is 10.8 Å². The fourth-order valence-electron chi connectivity index (χ4n) is 6.18. The molecule has 0 bridgehead atoms. The van der Waals surface area contributed by atoms with Crippen molar-refractivity contribution in [2.75, 3.05) is 13.7 Å². The summed E-state index contributed by atoms with van der Waals surface area (Å²) in [5.41, 5.74) is 2.29. The Labute approximate surface area is 209 Å². The minimum atomic E-state index is -1.23. The van der Waals surface area contributed by atoms with E-state index < -0.39 is 25.1 Å². The number of hydrogen-bond donors (Lipinski definition) is 2. The highest BCUT2D eigenvalue weighted by atomic mass is 16.5. The maximum Gasteiger partial charge on any atom is 0.487 e. The van der Waals surface area contributed by atoms with Gasteiger partial charge < -0.3 is 19.5 Å². The molecule has 6 rings (SSSR count). The molecule has 2 fully saturated rings. The van der Waals surface area contributed by atoms with E-state index in [4.69, 9.17) is 9.39 Å². The monoisotopic (exact) mass is 483 g/mol. The predicted octanol–water partition coefficient (Wildman–Crippen LogP) is 3.65. The van der Waals surface area contributed by atoms with Gasteiger partial charge in [0.15, 0.2) is 0 Å². The van der Waals surface area contributed by atoms with Gasteiger partial charge in [0.2, 0.25) is 11.8 Å². The zero-order valence-corrected chi connectivity index (χ0v) is 19.8. The van der Waals surface area contributed by atoms with Crippen LogP contribution in [-0.4, -0.2) is 47.6 Å². The molecule has 4 atom stereocenters. The summed E-state index contributed by atoms with van der Waals surface area (Å²) >= 11 is 0. The van der Waals surface area contributed by atoms with Crippen LogP contribution >= 0.6 is 0 Å². The van der Waals surface area contributed by atoms with Crippen LogP contribution in [0.5, 0.6) is 11.5 Å². The number of nitrogens with zero attached hydrogens (tertiary/aromatic N) is 1. The summed E-state index contributed by atoms with van der Waals surface area (Å²) in [6.07, 6.45) is 0.276. The summed E-state index contributed by atoms with van der Waals surface area (Å²) in [6, 6.07) is 20.3. The van der Waals surface area contributed by atoms with Crippen LogP contribution in [0, 0.1) is 17.8 Å². The van der Waals surface area contributed by atoms with Crippen LogP contribution in [0.3, 0.4) is 0 Å². The lowest BCUT2D eigenvalue weighted by Crippen LogP contribution is -2.45. The quantitative estimate of drug-likeness (QED) is 0.435. The predicted molar refractivity (Wildman–Crippen MR) is 134 cm³/mol. The van der Waals surface area contributed by atoms with Gasteiger partial charge >= 0.3 is 7.12 Å². The maximum absolute atomic E-state index is 13.2. The minimum absolute atomic E-state index is 0.169. The summed E-state index contributed by atoms with van der Waals surface area (Å²) in [5.74, 6) is -0.915. The minimum Gasteiger partial charge on any atom is -0.507 e. The zero-order chi connectivity index (χ0) is 25.0. The van der Waals surface area contributed by atoms with Crippen LogP contribution in [-0.2, 0) is 14.2 Å². The first kappa shape index (κ1) is 22.8. The number of hydrogen-bond acceptors (Lipinski definition) is 6. The SMILES string of the molecule is CN1C(=O)[C@H]2[C@H](CC(COc3ccccc3)=C3B(O)O[C@H](c4ccc(O)c5ccccc45)C[C@H]32)C1=O. The van der Waals surface area contributed by atoms with Gasteiger partial charge in [-0.15, -0.1) is 0 Å². The number of rotatable bonds is 4. The van der Waals surface area contributed by atoms with E-state index in [9.17, 15) is 19.7 Å². The van der Waals surface area contributed by atoms with Crippen molar-refractivity contribution < 1.29 is 29.1 Å². The van der Waals surface area contributed by atoms with E-state index in [2.05, 4.69) is 0 Å². The molecule has 36 heavy (non-hydrogen) atoms. The molecule has 2 amide bonds. The Morgan fingerprint density at radius 1 is 0.972 bits per heavy atom. The molecule has 0 spiro atoms. The Morgan fingerprint density at radius 2 is 1.69 bits per heavy atom. The summed E-state index contributed by atoms with van der Waals surface area (Å²) in [5, 5.41) is 23.1. The Hall–Kier alpha value is -3.62. The van der Waals surface area contributed by atoms with E-state index in [1.165, 1.54) is 11.9 Å². The molecular weight excluding hydrogens is 457 g/mol. The summed E-state index contributed by atoms with van der Waals surface area (Å²) in [4.78, 5) is 27.4. The first-order valence-corrected chi connectivity index (χ1v) is 12.2. The van der Waals surface area contributed by atoms with Gasteiger partial charge in [0.1, 0.15) is 18.1 Å². The number of phenols is 1. The molecule has 0 aromatic heterocycles. The standard InChI is InChI=1S/C28H26BNO6/c1-30-27(32)22-13-16(15-35-17-7-3-2-4-8-17)26-21(25(22)28(30)33)14-24(36-29(26)34)20-11-12-23(31)19-10-6-5-9-18(19)20/h2-12,21-22,24-25,31,34H,13-15H2,1H3/t21-,22-,24-,25+/m0/s1. The summed E-state index contributed by atoms with van der Waals surface area (Å²) < 4.78 is 12.2. The van der Waals surface area contributed by atoms with Crippen LogP contribution in [0.15, 0.2) is 77.8 Å². The number of carbonyl (C=O) groups excluding carboxylic acids is 2. The Bertz CT molecular complexity index is 1390. The van der Waals surface area contributed by atoms with Crippen molar-refractivity contribution in [2.24, 2.45) is 17.8 Å². The number of para-hydroxylation sites is 1. The van der Waals surface area contributed by atoms with Gasteiger partial charge in [-0.2, -0.15) is 0 Å². The number of aromatic hydroxyl groups is 1. The van der Waals surface area contributed by atoms with Gasteiger partial charge in [0, 0.05) is 12.4 Å². The first-order chi connectivity index (χ1) is 17.4. The number of imide groups is 1. The number of amides is 2. The first-order valence-electron chi connectivity index (χ1n) is 12.2. The maximum atomic E-state index is 13.2. The number of phenolic OH excluding ortho intramolecular Hbond substituents is 1. The van der Waals surface area contributed by atoms with Crippen molar-refractivity contribution in [2.45, 2.75) is 18.9 Å². The normalized spacial score (nSPS) is 25.8. The number of likely N-dealkylation sites (tertiary alicyclic amines) is 1. The fraction of sp³-hybridized carbons (Fsp3) is 0.286. The van der Waals surface area contributed by atoms with E-state index in [0.717, 1.165) is 16.5 Å². The second-order valence-electron chi connectivity index (χ2n) is 9.77. The summed E-state index contributed by atoms with van der Waals surface area (Å²) in [7, 11) is 0.300. The van der Waals surface area contributed by atoms with Crippen LogP contribution in [0.2, 0.25) is 0 Å². The highest BCUT2D eigenvalue weighted by molar-refractivity contribution is 6.53. The molecule has 7 nitrogen and oxygen atoms in total. The van der Waals surface area contributed by atoms with Gasteiger partial charge in [-0.3, -0.25) is 14.5 Å². The Kier molecular flexibility index (Phi) is 5.58. The van der Waals surface area contributed by atoms with E-state index in [1.807, 2.05) is 54.6 Å². The lowest BCUT2D eigenvalue weighted by molar-refractivity contribution is -0.138. The molecule has 1 aliphatic carbocycles. The van der Waals surface area contributed by atoms with E-state index in [1.54, 1.807) is 12.1 Å². The molecular formula is C28H26BNO6. The van der Waals surface area contributed by atoms with Gasteiger partial charge in [-0.05, 0) is 59.0 Å². The molecule has 182 valence electrons. The molecule has 2 heterocycles. The van der Waals surface area contributed by atoms with Crippen molar-refractivity contribution in [3.05, 3.63) is 83.3 Å². The third kappa shape index (κ3) is 3.60. The largest absolute Gasteiger partial charge is 0.507 e. The van der Waals surface area contributed by atoms with Crippen LogP contribution < -0.4 is 4.74 Å². The number of benzene rings is 3. The van der Waals surface area contributed by atoms with E-state index >= 15 is 0 Å². The van der Waals surface area contributed by atoms with Crippen molar-refractivity contribution in [1.82, 2.24) is 4.90 Å². The van der Waals surface area contributed by atoms with Crippen molar-refractivity contribution >= 4 is 29.7 Å². The molecule has 2 N–H and O–H groups in total. The second-order valence-corrected chi connectivity index (χ2v) is 9.77. The van der Waals surface area contributed by atoms with Crippen molar-refractivity contribution in [3.63, 3.8) is 0 Å². The number of carbonyl (C=O) groups is 2. The van der Waals surface area contributed by atoms with Gasteiger partial charge in [0.25, 0.3) is 0 Å². The zero-order valence-electron chi connectivity index (χ0n) is 19.8. The van der Waals surface area contributed by atoms with Gasteiger partial charge in [-0.1, -0.05) is 48.5 Å². The lowest BCUT2D eigenvalue weighted by atomic mass is 9.55. The van der Waals surface area contributed by atoms with Crippen LogP contribution in [0.1, 0.15) is 24.5 Å². The highest BCUT2D eigenvalue weighted by Gasteiger charge is 2.57. The van der Waals surface area contributed by atoms with Crippen molar-refractivity contribution in [1.29, 1.82) is 0 Å². The van der Waals surface area contributed by atoms with E-state index in [-0.39, 0.29) is 30.1 Å². The molecule has 3 aliphatic rings. The van der Waals surface area contributed by atoms with Gasteiger partial charge in [0.05, 0.1) is 17.9 Å². The molecule has 8 heteroatoms. The summed E-state index contributed by atoms with van der Waals surface area (Å²) in [6.45, 7) is 0.206. The molecule has 0 unspecified atom stereocenters. The Balaban J connectivity index is 1.40.